The largest absolute Gasteiger partial charge is 0.0804 e. The molecular weight excluding hydrogens is 168 g/mol. The Balaban J connectivity index is 1.95. The molecule has 0 aromatic heterocycles. The van der Waals surface area contributed by atoms with Gasteiger partial charge >= 0.3 is 0 Å². The van der Waals surface area contributed by atoms with Gasteiger partial charge in [0.05, 0.1) is 0 Å². The maximum atomic E-state index is 3.67. The molecule has 14 heavy (non-hydrogen) atoms. The second kappa shape index (κ2) is 2.98. The Morgan fingerprint density at radius 1 is 1.43 bits per heavy atom. The second-order valence-electron chi connectivity index (χ2n) is 4.29. The summed E-state index contributed by atoms with van der Waals surface area (Å²) in [6.07, 6.45) is 15.3. The van der Waals surface area contributed by atoms with Crippen LogP contribution in [0.15, 0.2) is 40.5 Å². The minimum absolute atomic E-state index is 0.559. The maximum Gasteiger partial charge on any atom is 0.0276 e. The van der Waals surface area contributed by atoms with E-state index in [2.05, 4.69) is 31.2 Å². The van der Waals surface area contributed by atoms with Crippen molar-refractivity contribution in [2.75, 3.05) is 0 Å². The SMILES string of the molecule is CCC1=C2CCC1=[C]C2C1=CC=CC1. The van der Waals surface area contributed by atoms with E-state index < -0.39 is 0 Å². The summed E-state index contributed by atoms with van der Waals surface area (Å²) in [5.41, 5.74) is 6.39. The van der Waals surface area contributed by atoms with Gasteiger partial charge in [-0.1, -0.05) is 36.3 Å². The highest BCUT2D eigenvalue weighted by Gasteiger charge is 2.32. The first kappa shape index (κ1) is 8.28. The van der Waals surface area contributed by atoms with Crippen LogP contribution in [0.5, 0.6) is 0 Å². The number of hydrogen-bond acceptors (Lipinski definition) is 0. The molecule has 3 aliphatic rings. The Bertz CT molecular complexity index is 388. The lowest BCUT2D eigenvalue weighted by Gasteiger charge is -2.15. The van der Waals surface area contributed by atoms with Crippen molar-refractivity contribution in [1.29, 1.82) is 0 Å². The van der Waals surface area contributed by atoms with Crippen molar-refractivity contribution in [3.8, 4) is 0 Å². The summed E-state index contributed by atoms with van der Waals surface area (Å²) >= 11 is 0. The van der Waals surface area contributed by atoms with Gasteiger partial charge in [-0.25, -0.2) is 0 Å². The van der Waals surface area contributed by atoms with Crippen LogP contribution < -0.4 is 0 Å². The molecule has 0 saturated heterocycles. The summed E-state index contributed by atoms with van der Waals surface area (Å²) in [7, 11) is 0. The molecule has 0 aliphatic heterocycles. The molecule has 0 amide bonds. The van der Waals surface area contributed by atoms with Crippen molar-refractivity contribution in [3.05, 3.63) is 46.6 Å². The van der Waals surface area contributed by atoms with E-state index in [0.717, 1.165) is 6.42 Å². The molecule has 0 heterocycles. The van der Waals surface area contributed by atoms with Crippen molar-refractivity contribution >= 4 is 0 Å². The summed E-state index contributed by atoms with van der Waals surface area (Å²) < 4.78 is 0. The zero-order valence-corrected chi connectivity index (χ0v) is 8.64. The first-order chi connectivity index (χ1) is 6.90. The lowest BCUT2D eigenvalue weighted by atomic mass is 9.88. The van der Waals surface area contributed by atoms with Gasteiger partial charge in [-0.05, 0) is 42.9 Å². The summed E-state index contributed by atoms with van der Waals surface area (Å²) in [6.45, 7) is 2.27. The number of hydrogen-bond donors (Lipinski definition) is 0. The molecule has 3 aliphatic carbocycles. The molecule has 1 unspecified atom stereocenters. The normalized spacial score (nSPS) is 28.8. The molecule has 0 N–H and O–H groups in total. The standard InChI is InChI=1S/C14H15/c1-2-12-11-7-8-13(12)14(9-11)10-5-3-4-6-10/h3-5,14H,2,6-8H2,1H3. The van der Waals surface area contributed by atoms with E-state index in [1.54, 1.807) is 16.7 Å². The zero-order chi connectivity index (χ0) is 9.54. The Labute approximate surface area is 85.7 Å². The van der Waals surface area contributed by atoms with Crippen LogP contribution in [-0.4, -0.2) is 0 Å². The average molecular weight is 183 g/mol. The highest BCUT2D eigenvalue weighted by Crippen LogP contribution is 2.47. The zero-order valence-electron chi connectivity index (χ0n) is 8.64. The van der Waals surface area contributed by atoms with E-state index in [-0.39, 0.29) is 0 Å². The van der Waals surface area contributed by atoms with Crippen LogP contribution >= 0.6 is 0 Å². The number of fused-ring (bicyclic) bond motifs is 1. The minimum atomic E-state index is 0.559. The maximum absolute atomic E-state index is 3.67. The van der Waals surface area contributed by atoms with Crippen molar-refractivity contribution in [2.24, 2.45) is 5.92 Å². The van der Waals surface area contributed by atoms with Gasteiger partial charge in [0.2, 0.25) is 0 Å². The monoisotopic (exact) mass is 183 g/mol. The molecule has 0 fully saturated rings. The highest BCUT2D eigenvalue weighted by atomic mass is 14.4. The van der Waals surface area contributed by atoms with Gasteiger partial charge in [-0.3, -0.25) is 0 Å². The fourth-order valence-electron chi connectivity index (χ4n) is 2.93. The van der Waals surface area contributed by atoms with E-state index >= 15 is 0 Å². The van der Waals surface area contributed by atoms with Gasteiger partial charge in [-0.2, -0.15) is 0 Å². The van der Waals surface area contributed by atoms with Crippen molar-refractivity contribution in [3.63, 3.8) is 0 Å². The Kier molecular flexibility index (Phi) is 1.76. The number of allylic oxidation sites excluding steroid dienone is 8. The van der Waals surface area contributed by atoms with Crippen LogP contribution in [0.2, 0.25) is 0 Å². The van der Waals surface area contributed by atoms with Crippen molar-refractivity contribution in [2.45, 2.75) is 32.6 Å². The third kappa shape index (κ3) is 1.00. The predicted molar refractivity (Wildman–Crippen MR) is 58.6 cm³/mol. The molecule has 0 aromatic carbocycles. The van der Waals surface area contributed by atoms with Crippen LogP contribution in [0, 0.1) is 12.0 Å². The third-order valence-corrected chi connectivity index (χ3v) is 3.59. The summed E-state index contributed by atoms with van der Waals surface area (Å²) in [4.78, 5) is 0. The van der Waals surface area contributed by atoms with E-state index in [4.69, 9.17) is 0 Å². The van der Waals surface area contributed by atoms with Gasteiger partial charge in [0.15, 0.2) is 0 Å². The van der Waals surface area contributed by atoms with E-state index in [0.29, 0.717) is 5.92 Å². The second-order valence-corrected chi connectivity index (χ2v) is 4.29. The van der Waals surface area contributed by atoms with Crippen LogP contribution in [0.3, 0.4) is 0 Å². The molecule has 0 saturated carbocycles. The van der Waals surface area contributed by atoms with Crippen LogP contribution in [0.1, 0.15) is 32.6 Å². The fraction of sp³-hybridized carbons (Fsp3) is 0.429. The van der Waals surface area contributed by atoms with Gasteiger partial charge in [-0.15, -0.1) is 0 Å². The smallest absolute Gasteiger partial charge is 0.0276 e. The van der Waals surface area contributed by atoms with Gasteiger partial charge < -0.3 is 0 Å². The van der Waals surface area contributed by atoms with Crippen LogP contribution in [-0.2, 0) is 0 Å². The Hall–Kier alpha value is -1.04. The van der Waals surface area contributed by atoms with E-state index in [1.807, 2.05) is 0 Å². The van der Waals surface area contributed by atoms with Gasteiger partial charge in [0.1, 0.15) is 0 Å². The fourth-order valence-corrected chi connectivity index (χ4v) is 2.93. The topological polar surface area (TPSA) is 0 Å². The molecule has 0 heteroatoms. The van der Waals surface area contributed by atoms with Crippen molar-refractivity contribution < 1.29 is 0 Å². The molecule has 0 nitrogen and oxygen atoms in total. The lowest BCUT2D eigenvalue weighted by Crippen LogP contribution is -2.03. The first-order valence-corrected chi connectivity index (χ1v) is 5.60. The number of rotatable bonds is 2. The summed E-state index contributed by atoms with van der Waals surface area (Å²) in [6, 6.07) is 0. The molecule has 1 radical (unpaired) electrons. The summed E-state index contributed by atoms with van der Waals surface area (Å²) in [5.74, 6) is 0.559. The molecular formula is C14H15. The third-order valence-electron chi connectivity index (χ3n) is 3.59. The molecule has 1 atom stereocenters. The first-order valence-electron chi connectivity index (χ1n) is 5.60. The molecule has 0 aromatic rings. The van der Waals surface area contributed by atoms with E-state index in [9.17, 15) is 0 Å². The highest BCUT2D eigenvalue weighted by molar-refractivity contribution is 5.52. The molecule has 0 spiro atoms. The molecule has 3 rings (SSSR count). The predicted octanol–water partition coefficient (Wildman–Crippen LogP) is 3.73. The Morgan fingerprint density at radius 2 is 2.36 bits per heavy atom. The van der Waals surface area contributed by atoms with Gasteiger partial charge in [0, 0.05) is 5.92 Å². The molecule has 2 bridgehead atoms. The van der Waals surface area contributed by atoms with Crippen molar-refractivity contribution in [1.82, 2.24) is 0 Å². The quantitative estimate of drug-likeness (QED) is 0.612. The summed E-state index contributed by atoms with van der Waals surface area (Å²) in [5, 5.41) is 0. The molecule has 71 valence electrons. The minimum Gasteiger partial charge on any atom is -0.0804 e. The van der Waals surface area contributed by atoms with Crippen LogP contribution in [0.25, 0.3) is 0 Å². The van der Waals surface area contributed by atoms with E-state index in [1.165, 1.54) is 24.8 Å². The van der Waals surface area contributed by atoms with Gasteiger partial charge in [0.25, 0.3) is 0 Å². The van der Waals surface area contributed by atoms with Crippen LogP contribution in [0.4, 0.5) is 0 Å². The Morgan fingerprint density at radius 3 is 3.00 bits per heavy atom. The average Bonchev–Trinajstić information content (AvgIpc) is 2.92. The lowest BCUT2D eigenvalue weighted by molar-refractivity contribution is 0.763.